The average Bonchev–Trinajstić information content (AvgIpc) is 3.34. The number of carbonyl (C=O) groups excluding carboxylic acids is 2. The van der Waals surface area contributed by atoms with E-state index in [1.807, 2.05) is 0 Å². The number of unbranched alkanes of at least 4 members (excludes halogenated alkanes) is 3. The molecule has 0 radical (unpaired) electrons. The second-order valence-electron chi connectivity index (χ2n) is 6.82. The van der Waals surface area contributed by atoms with Crippen molar-refractivity contribution in [1.29, 1.82) is 0 Å². The van der Waals surface area contributed by atoms with Crippen LogP contribution in [0, 0.1) is 0 Å². The largest absolute Gasteiger partial charge is 0.462 e. The molecule has 1 aliphatic rings. The highest BCUT2D eigenvalue weighted by molar-refractivity contribution is 5.77. The van der Waals surface area contributed by atoms with E-state index in [1.54, 1.807) is 14.0 Å². The van der Waals surface area contributed by atoms with E-state index in [2.05, 4.69) is 6.92 Å². The van der Waals surface area contributed by atoms with E-state index in [4.69, 9.17) is 14.2 Å². The minimum atomic E-state index is -0.288. The Balaban J connectivity index is 2.29. The third-order valence-electron chi connectivity index (χ3n) is 4.38. The van der Waals surface area contributed by atoms with Gasteiger partial charge in [0.15, 0.2) is 0 Å². The molecule has 1 rings (SSSR count). The molecule has 0 amide bonds. The van der Waals surface area contributed by atoms with Crippen LogP contribution in [-0.2, 0) is 23.8 Å². The Morgan fingerprint density at radius 1 is 1.08 bits per heavy atom. The molecule has 0 spiro atoms. The lowest BCUT2D eigenvalue weighted by Gasteiger charge is -2.19. The van der Waals surface area contributed by atoms with Crippen molar-refractivity contribution in [3.63, 3.8) is 0 Å². The molecule has 0 aromatic heterocycles. The molecule has 3 unspecified atom stereocenters. The highest BCUT2D eigenvalue weighted by Gasteiger charge is 2.23. The first-order chi connectivity index (χ1) is 11.5. The second-order valence-corrected chi connectivity index (χ2v) is 6.82. The van der Waals surface area contributed by atoms with E-state index in [0.29, 0.717) is 12.5 Å². The lowest BCUT2D eigenvalue weighted by atomic mass is 10.0. The first-order valence-electron chi connectivity index (χ1n) is 9.38. The van der Waals surface area contributed by atoms with E-state index in [9.17, 15) is 9.59 Å². The van der Waals surface area contributed by atoms with Crippen LogP contribution in [0.25, 0.3) is 0 Å². The normalized spacial score (nSPS) is 18.9. The molecule has 1 fully saturated rings. The number of ketones is 1. The minimum absolute atomic E-state index is 0.0658. The Hall–Kier alpha value is -0.940. The Kier molecular flexibility index (Phi) is 10.9. The maximum absolute atomic E-state index is 12.2. The fraction of sp³-hybridized carbons (Fsp3) is 0.895. The van der Waals surface area contributed by atoms with Crippen molar-refractivity contribution >= 4 is 11.8 Å². The number of rotatable bonds is 15. The van der Waals surface area contributed by atoms with Crippen molar-refractivity contribution in [2.45, 2.75) is 96.4 Å². The molecule has 0 aromatic rings. The van der Waals surface area contributed by atoms with Crippen LogP contribution in [0.2, 0.25) is 0 Å². The molecular formula is C19H34O5. The molecule has 24 heavy (non-hydrogen) atoms. The van der Waals surface area contributed by atoms with Crippen molar-refractivity contribution in [3.05, 3.63) is 0 Å². The topological polar surface area (TPSA) is 65.1 Å². The summed E-state index contributed by atoms with van der Waals surface area (Å²) in [5, 5.41) is 0. The summed E-state index contributed by atoms with van der Waals surface area (Å²) in [7, 11) is 1.63. The number of ether oxygens (including phenoxy) is 3. The Bertz CT molecular complexity index is 365. The molecule has 1 saturated heterocycles. The van der Waals surface area contributed by atoms with E-state index >= 15 is 0 Å². The molecule has 0 aromatic carbocycles. The van der Waals surface area contributed by atoms with Gasteiger partial charge in [-0.2, -0.15) is 0 Å². The van der Waals surface area contributed by atoms with Crippen molar-refractivity contribution in [1.82, 2.24) is 0 Å². The zero-order valence-electron chi connectivity index (χ0n) is 15.6. The van der Waals surface area contributed by atoms with Crippen LogP contribution in [0.15, 0.2) is 0 Å². The molecule has 5 nitrogen and oxygen atoms in total. The molecule has 0 saturated carbocycles. The molecule has 1 heterocycles. The monoisotopic (exact) mass is 342 g/mol. The fourth-order valence-corrected chi connectivity index (χ4v) is 2.85. The number of Topliss-reactive ketones (excluding diaryl/α,β-unsaturated/α-hetero) is 1. The number of methoxy groups -OCH3 is 1. The summed E-state index contributed by atoms with van der Waals surface area (Å²) in [4.78, 5) is 23.6. The van der Waals surface area contributed by atoms with Gasteiger partial charge in [-0.3, -0.25) is 9.59 Å². The summed E-state index contributed by atoms with van der Waals surface area (Å²) in [5.74, 6) is -0.192. The Labute approximate surface area is 146 Å². The number of hydrogen-bond donors (Lipinski definition) is 0. The van der Waals surface area contributed by atoms with Crippen LogP contribution in [-0.4, -0.2) is 43.8 Å². The van der Waals surface area contributed by atoms with Crippen molar-refractivity contribution < 1.29 is 23.8 Å². The van der Waals surface area contributed by atoms with E-state index in [-0.39, 0.29) is 30.4 Å². The molecule has 0 aliphatic carbocycles. The van der Waals surface area contributed by atoms with Gasteiger partial charge in [0, 0.05) is 13.5 Å². The van der Waals surface area contributed by atoms with Gasteiger partial charge in [-0.05, 0) is 39.0 Å². The van der Waals surface area contributed by atoms with E-state index in [0.717, 1.165) is 45.1 Å². The summed E-state index contributed by atoms with van der Waals surface area (Å²) < 4.78 is 16.1. The average molecular weight is 342 g/mol. The zero-order chi connectivity index (χ0) is 17.8. The second kappa shape index (κ2) is 12.4. The number of esters is 1. The van der Waals surface area contributed by atoms with Crippen molar-refractivity contribution in [3.8, 4) is 0 Å². The number of hydrogen-bond acceptors (Lipinski definition) is 5. The molecule has 0 N–H and O–H groups in total. The first-order valence-corrected chi connectivity index (χ1v) is 9.38. The van der Waals surface area contributed by atoms with Gasteiger partial charge in [0.25, 0.3) is 0 Å². The van der Waals surface area contributed by atoms with Gasteiger partial charge in [0.2, 0.25) is 0 Å². The van der Waals surface area contributed by atoms with Gasteiger partial charge in [-0.25, -0.2) is 0 Å². The zero-order valence-corrected chi connectivity index (χ0v) is 15.6. The lowest BCUT2D eigenvalue weighted by Crippen LogP contribution is -2.25. The number of carbonyl (C=O) groups is 2. The highest BCUT2D eigenvalue weighted by Crippen LogP contribution is 2.19. The van der Waals surface area contributed by atoms with Gasteiger partial charge in [0.1, 0.15) is 11.9 Å². The van der Waals surface area contributed by atoms with Gasteiger partial charge in [0.05, 0.1) is 25.2 Å². The standard InChI is InChI=1S/C19H34O5/c1-4-5-6-7-9-17(12-15(2)20)24-19(21)13-16(22-3)10-8-11-18-14-23-18/h16-18H,4-14H2,1-3H3. The van der Waals surface area contributed by atoms with Gasteiger partial charge >= 0.3 is 5.97 Å². The summed E-state index contributed by atoms with van der Waals surface area (Å²) in [6.45, 7) is 4.57. The van der Waals surface area contributed by atoms with Gasteiger partial charge < -0.3 is 14.2 Å². The van der Waals surface area contributed by atoms with Crippen LogP contribution in [0.1, 0.15) is 78.1 Å². The third kappa shape index (κ3) is 10.8. The lowest BCUT2D eigenvalue weighted by molar-refractivity contribution is -0.153. The van der Waals surface area contributed by atoms with Gasteiger partial charge in [-0.15, -0.1) is 0 Å². The third-order valence-corrected chi connectivity index (χ3v) is 4.38. The van der Waals surface area contributed by atoms with Crippen LogP contribution < -0.4 is 0 Å². The van der Waals surface area contributed by atoms with Crippen LogP contribution in [0.4, 0.5) is 0 Å². The fourth-order valence-electron chi connectivity index (χ4n) is 2.85. The van der Waals surface area contributed by atoms with Crippen molar-refractivity contribution in [2.24, 2.45) is 0 Å². The molecule has 3 atom stereocenters. The molecule has 1 aliphatic heterocycles. The highest BCUT2D eigenvalue weighted by atomic mass is 16.6. The predicted octanol–water partition coefficient (Wildman–Crippen LogP) is 3.82. The van der Waals surface area contributed by atoms with Crippen LogP contribution in [0.5, 0.6) is 0 Å². The quantitative estimate of drug-likeness (QED) is 0.257. The maximum atomic E-state index is 12.2. The van der Waals surface area contributed by atoms with Crippen LogP contribution >= 0.6 is 0 Å². The number of epoxide rings is 1. The SMILES string of the molecule is CCCCCCC(CC(C)=O)OC(=O)CC(CCCC1CO1)OC. The van der Waals surface area contributed by atoms with Crippen LogP contribution in [0.3, 0.4) is 0 Å². The minimum Gasteiger partial charge on any atom is -0.462 e. The first kappa shape index (κ1) is 21.1. The summed E-state index contributed by atoms with van der Waals surface area (Å²) in [6.07, 6.45) is 8.65. The maximum Gasteiger partial charge on any atom is 0.308 e. The smallest absolute Gasteiger partial charge is 0.308 e. The van der Waals surface area contributed by atoms with E-state index in [1.165, 1.54) is 12.8 Å². The summed E-state index contributed by atoms with van der Waals surface area (Å²) in [5.41, 5.74) is 0. The van der Waals surface area contributed by atoms with E-state index < -0.39 is 0 Å². The Morgan fingerprint density at radius 3 is 2.38 bits per heavy atom. The summed E-state index contributed by atoms with van der Waals surface area (Å²) >= 11 is 0. The summed E-state index contributed by atoms with van der Waals surface area (Å²) in [6, 6.07) is 0. The van der Waals surface area contributed by atoms with Gasteiger partial charge in [-0.1, -0.05) is 26.2 Å². The molecule has 5 heteroatoms. The predicted molar refractivity (Wildman–Crippen MR) is 92.9 cm³/mol. The van der Waals surface area contributed by atoms with Crippen molar-refractivity contribution in [2.75, 3.05) is 13.7 Å². The molecular weight excluding hydrogens is 308 g/mol. The Morgan fingerprint density at radius 2 is 1.79 bits per heavy atom. The molecule has 140 valence electrons. The molecule has 0 bridgehead atoms.